The molecule has 0 fully saturated rings. The van der Waals surface area contributed by atoms with Crippen LogP contribution in [0.3, 0.4) is 0 Å². The highest BCUT2D eigenvalue weighted by Crippen LogP contribution is 2.33. The summed E-state index contributed by atoms with van der Waals surface area (Å²) in [6.45, 7) is 0.992. The lowest BCUT2D eigenvalue weighted by molar-refractivity contribution is -0.127. The first kappa shape index (κ1) is 13.2. The molecule has 2 aliphatic heterocycles. The first-order valence-corrected chi connectivity index (χ1v) is 7.61. The molecule has 2 aliphatic rings. The minimum atomic E-state index is -0.582. The molecule has 0 saturated heterocycles. The van der Waals surface area contributed by atoms with E-state index < -0.39 is 6.10 Å². The Morgan fingerprint density at radius 3 is 2.73 bits per heavy atom. The number of amides is 1. The van der Waals surface area contributed by atoms with Gasteiger partial charge in [0.25, 0.3) is 5.91 Å². The van der Waals surface area contributed by atoms with Gasteiger partial charge in [-0.25, -0.2) is 0 Å². The Balaban J connectivity index is 1.59. The molecule has 2 aromatic rings. The molecule has 1 atom stereocenters. The zero-order chi connectivity index (χ0) is 14.9. The molecule has 4 heteroatoms. The van der Waals surface area contributed by atoms with Crippen LogP contribution in [0.1, 0.15) is 12.0 Å². The molecule has 0 N–H and O–H groups in total. The SMILES string of the molecule is O=C([C@H]1COc2ccccc2O1)N1CCCc2ccccc21. The van der Waals surface area contributed by atoms with Crippen molar-refractivity contribution in [2.24, 2.45) is 0 Å². The number of carbonyl (C=O) groups excluding carboxylic acids is 1. The summed E-state index contributed by atoms with van der Waals surface area (Å²) in [7, 11) is 0. The van der Waals surface area contributed by atoms with Crippen molar-refractivity contribution in [2.45, 2.75) is 18.9 Å². The molecular weight excluding hydrogens is 278 g/mol. The maximum atomic E-state index is 12.8. The van der Waals surface area contributed by atoms with Crippen LogP contribution >= 0.6 is 0 Å². The van der Waals surface area contributed by atoms with Crippen LogP contribution in [0, 0.1) is 0 Å². The van der Waals surface area contributed by atoms with E-state index in [1.165, 1.54) is 5.56 Å². The number of hydrogen-bond donors (Lipinski definition) is 0. The summed E-state index contributed by atoms with van der Waals surface area (Å²) in [5.74, 6) is 1.31. The van der Waals surface area contributed by atoms with Gasteiger partial charge in [-0.15, -0.1) is 0 Å². The second-order valence-corrected chi connectivity index (χ2v) is 5.59. The highest BCUT2D eigenvalue weighted by molar-refractivity contribution is 5.98. The Morgan fingerprint density at radius 1 is 1.05 bits per heavy atom. The largest absolute Gasteiger partial charge is 0.485 e. The highest BCUT2D eigenvalue weighted by Gasteiger charge is 2.33. The number of benzene rings is 2. The number of rotatable bonds is 1. The monoisotopic (exact) mass is 295 g/mol. The Morgan fingerprint density at radius 2 is 1.82 bits per heavy atom. The first-order chi connectivity index (χ1) is 10.8. The lowest BCUT2D eigenvalue weighted by Gasteiger charge is -2.34. The van der Waals surface area contributed by atoms with Gasteiger partial charge in [0.1, 0.15) is 6.61 Å². The maximum Gasteiger partial charge on any atom is 0.271 e. The molecule has 22 heavy (non-hydrogen) atoms. The molecule has 0 bridgehead atoms. The summed E-state index contributed by atoms with van der Waals surface area (Å²) in [6, 6.07) is 15.5. The first-order valence-electron chi connectivity index (χ1n) is 7.61. The van der Waals surface area contributed by atoms with Crippen molar-refractivity contribution in [3.63, 3.8) is 0 Å². The van der Waals surface area contributed by atoms with E-state index in [1.54, 1.807) is 0 Å². The molecule has 0 aliphatic carbocycles. The van der Waals surface area contributed by atoms with Gasteiger partial charge in [0.2, 0.25) is 6.10 Å². The van der Waals surface area contributed by atoms with E-state index in [1.807, 2.05) is 47.4 Å². The summed E-state index contributed by atoms with van der Waals surface area (Å²) in [5.41, 5.74) is 2.22. The normalized spacial score (nSPS) is 19.5. The number of aryl methyl sites for hydroxylation is 1. The third-order valence-corrected chi connectivity index (χ3v) is 4.16. The van der Waals surface area contributed by atoms with Gasteiger partial charge in [-0.1, -0.05) is 30.3 Å². The minimum absolute atomic E-state index is 0.0262. The Labute approximate surface area is 129 Å². The molecule has 112 valence electrons. The zero-order valence-electron chi connectivity index (χ0n) is 12.2. The van der Waals surface area contributed by atoms with Crippen LogP contribution in [0.15, 0.2) is 48.5 Å². The number of ether oxygens (including phenoxy) is 2. The number of hydrogen-bond acceptors (Lipinski definition) is 3. The molecule has 2 heterocycles. The lowest BCUT2D eigenvalue weighted by atomic mass is 10.0. The van der Waals surface area contributed by atoms with E-state index in [9.17, 15) is 4.79 Å². The van der Waals surface area contributed by atoms with E-state index >= 15 is 0 Å². The quantitative estimate of drug-likeness (QED) is 0.812. The maximum absolute atomic E-state index is 12.8. The number of para-hydroxylation sites is 3. The average molecular weight is 295 g/mol. The molecule has 0 radical (unpaired) electrons. The van der Waals surface area contributed by atoms with Gasteiger partial charge in [0.15, 0.2) is 11.5 Å². The van der Waals surface area contributed by atoms with Crippen LogP contribution in [0.4, 0.5) is 5.69 Å². The van der Waals surface area contributed by atoms with Crippen LogP contribution in [-0.2, 0) is 11.2 Å². The van der Waals surface area contributed by atoms with Crippen molar-refractivity contribution in [1.29, 1.82) is 0 Å². The fourth-order valence-corrected chi connectivity index (χ4v) is 3.08. The predicted octanol–water partition coefficient (Wildman–Crippen LogP) is 2.81. The molecule has 1 amide bonds. The van der Waals surface area contributed by atoms with E-state index in [0.29, 0.717) is 11.5 Å². The van der Waals surface area contributed by atoms with E-state index in [4.69, 9.17) is 9.47 Å². The Kier molecular flexibility index (Phi) is 3.22. The van der Waals surface area contributed by atoms with Crippen LogP contribution in [0.5, 0.6) is 11.5 Å². The molecule has 0 aromatic heterocycles. The van der Waals surface area contributed by atoms with Crippen molar-refractivity contribution in [2.75, 3.05) is 18.1 Å². The van der Waals surface area contributed by atoms with Crippen molar-refractivity contribution in [1.82, 2.24) is 0 Å². The van der Waals surface area contributed by atoms with Gasteiger partial charge < -0.3 is 14.4 Å². The third kappa shape index (κ3) is 2.21. The van der Waals surface area contributed by atoms with E-state index in [-0.39, 0.29) is 12.5 Å². The van der Waals surface area contributed by atoms with Gasteiger partial charge >= 0.3 is 0 Å². The van der Waals surface area contributed by atoms with Crippen molar-refractivity contribution < 1.29 is 14.3 Å². The topological polar surface area (TPSA) is 38.8 Å². The van der Waals surface area contributed by atoms with E-state index in [2.05, 4.69) is 6.07 Å². The highest BCUT2D eigenvalue weighted by atomic mass is 16.6. The molecule has 0 saturated carbocycles. The second-order valence-electron chi connectivity index (χ2n) is 5.59. The number of anilines is 1. The Bertz CT molecular complexity index is 713. The number of nitrogens with zero attached hydrogens (tertiary/aromatic N) is 1. The molecular formula is C18H17NO3. The zero-order valence-corrected chi connectivity index (χ0v) is 12.2. The van der Waals surface area contributed by atoms with Crippen LogP contribution in [0.25, 0.3) is 0 Å². The molecule has 0 spiro atoms. The van der Waals surface area contributed by atoms with E-state index in [0.717, 1.165) is 25.1 Å². The standard InChI is InChI=1S/C18H17NO3/c20-18(17-12-21-15-9-3-4-10-16(15)22-17)19-11-5-7-13-6-1-2-8-14(13)19/h1-4,6,8-10,17H,5,7,11-12H2/t17-/m1/s1. The average Bonchev–Trinajstić information content (AvgIpc) is 2.60. The minimum Gasteiger partial charge on any atom is -0.485 e. The molecule has 2 aromatic carbocycles. The van der Waals surface area contributed by atoms with Crippen LogP contribution in [-0.4, -0.2) is 25.2 Å². The van der Waals surface area contributed by atoms with Gasteiger partial charge in [-0.3, -0.25) is 4.79 Å². The number of carbonyl (C=O) groups is 1. The fraction of sp³-hybridized carbons (Fsp3) is 0.278. The van der Waals surface area contributed by atoms with Crippen molar-refractivity contribution in [3.8, 4) is 11.5 Å². The lowest BCUT2D eigenvalue weighted by Crippen LogP contribution is -2.48. The summed E-state index contributed by atoms with van der Waals surface area (Å²) >= 11 is 0. The van der Waals surface area contributed by atoms with Crippen LogP contribution < -0.4 is 14.4 Å². The van der Waals surface area contributed by atoms with Gasteiger partial charge in [0.05, 0.1) is 0 Å². The Hall–Kier alpha value is -2.49. The van der Waals surface area contributed by atoms with Gasteiger partial charge in [0, 0.05) is 12.2 Å². The van der Waals surface area contributed by atoms with Gasteiger partial charge in [-0.05, 0) is 36.6 Å². The molecule has 4 rings (SSSR count). The summed E-state index contributed by atoms with van der Waals surface area (Å²) in [4.78, 5) is 14.7. The van der Waals surface area contributed by atoms with Crippen molar-refractivity contribution in [3.05, 3.63) is 54.1 Å². The summed E-state index contributed by atoms with van der Waals surface area (Å²) in [5, 5.41) is 0. The summed E-state index contributed by atoms with van der Waals surface area (Å²) in [6.07, 6.45) is 1.42. The predicted molar refractivity (Wildman–Crippen MR) is 83.5 cm³/mol. The second kappa shape index (κ2) is 5.37. The van der Waals surface area contributed by atoms with Gasteiger partial charge in [-0.2, -0.15) is 0 Å². The number of fused-ring (bicyclic) bond motifs is 2. The fourth-order valence-electron chi connectivity index (χ4n) is 3.08. The third-order valence-electron chi connectivity index (χ3n) is 4.16. The van der Waals surface area contributed by atoms with Crippen molar-refractivity contribution >= 4 is 11.6 Å². The van der Waals surface area contributed by atoms with Crippen LogP contribution in [0.2, 0.25) is 0 Å². The summed E-state index contributed by atoms with van der Waals surface area (Å²) < 4.78 is 11.5. The molecule has 4 nitrogen and oxygen atoms in total. The molecule has 0 unspecified atom stereocenters. The smallest absolute Gasteiger partial charge is 0.271 e.